The second kappa shape index (κ2) is 8.99. The third-order valence-corrected chi connectivity index (χ3v) is 5.62. The predicted molar refractivity (Wildman–Crippen MR) is 117 cm³/mol. The van der Waals surface area contributed by atoms with Crippen LogP contribution in [0.15, 0.2) is 54.9 Å². The van der Waals surface area contributed by atoms with Gasteiger partial charge in [0.05, 0.1) is 17.8 Å². The van der Waals surface area contributed by atoms with Crippen molar-refractivity contribution in [2.24, 2.45) is 0 Å². The summed E-state index contributed by atoms with van der Waals surface area (Å²) in [6.45, 7) is -1.43. The summed E-state index contributed by atoms with van der Waals surface area (Å²) in [4.78, 5) is 12.8. The number of anilines is 1. The summed E-state index contributed by atoms with van der Waals surface area (Å²) in [5, 5.41) is 15.0. The third-order valence-electron chi connectivity index (χ3n) is 5.62. The zero-order valence-corrected chi connectivity index (χ0v) is 17.5. The topological polar surface area (TPSA) is 94.1 Å². The van der Waals surface area contributed by atoms with E-state index in [9.17, 15) is 13.6 Å². The number of halogens is 2. The highest BCUT2D eigenvalue weighted by atomic mass is 19.3. The minimum atomic E-state index is -2.90. The number of carbonyl (C=O) groups excluding carboxylic acids is 1. The van der Waals surface area contributed by atoms with E-state index in [0.717, 1.165) is 42.7 Å². The second-order valence-corrected chi connectivity index (χ2v) is 7.74. The van der Waals surface area contributed by atoms with Gasteiger partial charge in [0.15, 0.2) is 5.69 Å². The van der Waals surface area contributed by atoms with Crippen LogP contribution in [0.2, 0.25) is 0 Å². The van der Waals surface area contributed by atoms with Crippen molar-refractivity contribution in [2.75, 3.05) is 18.5 Å². The molecule has 3 heterocycles. The largest absolute Gasteiger partial charge is 0.435 e. The van der Waals surface area contributed by atoms with Gasteiger partial charge in [-0.2, -0.15) is 19.0 Å². The maximum atomic E-state index is 12.8. The number of fused-ring (bicyclic) bond motifs is 1. The third kappa shape index (κ3) is 4.56. The van der Waals surface area contributed by atoms with Crippen LogP contribution in [0.5, 0.6) is 5.75 Å². The van der Waals surface area contributed by atoms with E-state index < -0.39 is 12.5 Å². The molecule has 1 amide bonds. The smallest absolute Gasteiger partial charge is 0.387 e. The van der Waals surface area contributed by atoms with Crippen molar-refractivity contribution in [3.63, 3.8) is 0 Å². The van der Waals surface area contributed by atoms with E-state index in [1.165, 1.54) is 24.3 Å². The number of nitrogens with one attached hydrogen (secondary N) is 2. The number of hydrogen-bond acceptors (Lipinski definition) is 5. The first-order chi connectivity index (χ1) is 16.1. The SMILES string of the molecule is O=C(Nc1ccc(OC(F)F)cc1)c1n[nH]c2ccc(-c3cnn(C4CCOCC4)c3)cc12. The molecule has 0 spiro atoms. The molecule has 33 heavy (non-hydrogen) atoms. The summed E-state index contributed by atoms with van der Waals surface area (Å²) in [5.74, 6) is -0.405. The van der Waals surface area contributed by atoms with Crippen LogP contribution in [0, 0.1) is 0 Å². The first-order valence-electron chi connectivity index (χ1n) is 10.5. The molecular weight excluding hydrogens is 432 g/mol. The highest BCUT2D eigenvalue weighted by Crippen LogP contribution is 2.28. The number of alkyl halides is 2. The van der Waals surface area contributed by atoms with Crippen LogP contribution in [0.3, 0.4) is 0 Å². The number of aromatic amines is 1. The van der Waals surface area contributed by atoms with Gasteiger partial charge in [0.2, 0.25) is 0 Å². The quantitative estimate of drug-likeness (QED) is 0.444. The molecule has 1 aliphatic rings. The maximum Gasteiger partial charge on any atom is 0.387 e. The van der Waals surface area contributed by atoms with Crippen molar-refractivity contribution in [1.82, 2.24) is 20.0 Å². The molecule has 1 fully saturated rings. The van der Waals surface area contributed by atoms with E-state index in [0.29, 0.717) is 17.1 Å². The number of ether oxygens (including phenoxy) is 2. The van der Waals surface area contributed by atoms with E-state index in [1.807, 2.05) is 35.3 Å². The molecule has 2 N–H and O–H groups in total. The number of aromatic nitrogens is 4. The number of benzene rings is 2. The van der Waals surface area contributed by atoms with Gasteiger partial charge in [0, 0.05) is 36.0 Å². The number of carbonyl (C=O) groups is 1. The molecule has 0 radical (unpaired) electrons. The molecule has 4 aromatic rings. The van der Waals surface area contributed by atoms with Crippen LogP contribution in [0.1, 0.15) is 29.4 Å². The molecule has 2 aromatic heterocycles. The fraction of sp³-hybridized carbons (Fsp3) is 0.261. The molecule has 1 aliphatic heterocycles. The Morgan fingerprint density at radius 2 is 1.94 bits per heavy atom. The molecule has 170 valence electrons. The summed E-state index contributed by atoms with van der Waals surface area (Å²) in [5.41, 5.74) is 3.26. The molecule has 0 saturated carbocycles. The molecule has 5 rings (SSSR count). The van der Waals surface area contributed by atoms with Gasteiger partial charge >= 0.3 is 6.61 Å². The lowest BCUT2D eigenvalue weighted by molar-refractivity contribution is -0.0498. The normalized spacial score (nSPS) is 14.6. The Morgan fingerprint density at radius 1 is 1.15 bits per heavy atom. The summed E-state index contributed by atoms with van der Waals surface area (Å²) < 4.78 is 36.3. The predicted octanol–water partition coefficient (Wildman–Crippen LogP) is 4.63. The van der Waals surface area contributed by atoms with Crippen molar-refractivity contribution < 1.29 is 23.0 Å². The van der Waals surface area contributed by atoms with Crippen molar-refractivity contribution in [3.8, 4) is 16.9 Å². The van der Waals surface area contributed by atoms with Gasteiger partial charge in [-0.3, -0.25) is 14.6 Å². The highest BCUT2D eigenvalue weighted by molar-refractivity contribution is 6.11. The molecule has 2 aromatic carbocycles. The summed E-state index contributed by atoms with van der Waals surface area (Å²) in [6.07, 6.45) is 5.70. The van der Waals surface area contributed by atoms with Gasteiger partial charge in [-0.1, -0.05) is 6.07 Å². The lowest BCUT2D eigenvalue weighted by Crippen LogP contribution is -2.19. The Bertz CT molecular complexity index is 1260. The minimum absolute atomic E-state index is 0.0131. The van der Waals surface area contributed by atoms with Crippen LogP contribution in [0.4, 0.5) is 14.5 Å². The Hall–Kier alpha value is -3.79. The Labute approximate surface area is 187 Å². The van der Waals surface area contributed by atoms with Crippen molar-refractivity contribution in [2.45, 2.75) is 25.5 Å². The minimum Gasteiger partial charge on any atom is -0.435 e. The van der Waals surface area contributed by atoms with Gasteiger partial charge in [-0.15, -0.1) is 0 Å². The molecule has 10 heteroatoms. The van der Waals surface area contributed by atoms with Gasteiger partial charge in [-0.25, -0.2) is 0 Å². The van der Waals surface area contributed by atoms with Crippen molar-refractivity contribution >= 4 is 22.5 Å². The van der Waals surface area contributed by atoms with E-state index in [2.05, 4.69) is 25.3 Å². The molecule has 0 atom stereocenters. The van der Waals surface area contributed by atoms with Crippen LogP contribution in [0.25, 0.3) is 22.0 Å². The number of amides is 1. The van der Waals surface area contributed by atoms with Gasteiger partial charge in [0.1, 0.15) is 5.75 Å². The fourth-order valence-corrected chi connectivity index (χ4v) is 3.91. The Balaban J connectivity index is 1.36. The summed E-state index contributed by atoms with van der Waals surface area (Å²) in [7, 11) is 0. The highest BCUT2D eigenvalue weighted by Gasteiger charge is 2.18. The number of hydrogen-bond donors (Lipinski definition) is 2. The number of rotatable bonds is 6. The van der Waals surface area contributed by atoms with Crippen LogP contribution in [-0.2, 0) is 4.74 Å². The summed E-state index contributed by atoms with van der Waals surface area (Å²) >= 11 is 0. The van der Waals surface area contributed by atoms with Gasteiger partial charge < -0.3 is 14.8 Å². The van der Waals surface area contributed by atoms with Crippen LogP contribution in [-0.4, -0.2) is 45.7 Å². The first kappa shape index (κ1) is 21.1. The standard InChI is InChI=1S/C23H21F2N5O3/c24-23(25)33-18-4-2-16(3-5-18)27-22(31)21-19-11-14(1-6-20(19)28-29-21)15-12-26-30(13-15)17-7-9-32-10-8-17/h1-6,11-13,17,23H,7-10H2,(H,27,31)(H,28,29). The zero-order chi connectivity index (χ0) is 22.8. The molecule has 1 saturated heterocycles. The van der Waals surface area contributed by atoms with E-state index in [4.69, 9.17) is 4.74 Å². The Morgan fingerprint density at radius 3 is 2.70 bits per heavy atom. The fourth-order valence-electron chi connectivity index (χ4n) is 3.91. The van der Waals surface area contributed by atoms with Crippen molar-refractivity contribution in [1.29, 1.82) is 0 Å². The number of H-pyrrole nitrogens is 1. The molecule has 8 nitrogen and oxygen atoms in total. The number of nitrogens with zero attached hydrogens (tertiary/aromatic N) is 3. The second-order valence-electron chi connectivity index (χ2n) is 7.74. The van der Waals surface area contributed by atoms with Crippen LogP contribution < -0.4 is 10.1 Å². The first-order valence-corrected chi connectivity index (χ1v) is 10.5. The van der Waals surface area contributed by atoms with Gasteiger partial charge in [-0.05, 0) is 54.8 Å². The van der Waals surface area contributed by atoms with Crippen molar-refractivity contribution in [3.05, 3.63) is 60.6 Å². The Kier molecular flexibility index (Phi) is 5.74. The van der Waals surface area contributed by atoms with E-state index in [1.54, 1.807) is 0 Å². The molecule has 0 aliphatic carbocycles. The molecule has 0 bridgehead atoms. The molecular formula is C23H21F2N5O3. The van der Waals surface area contributed by atoms with E-state index >= 15 is 0 Å². The lowest BCUT2D eigenvalue weighted by Gasteiger charge is -2.22. The monoisotopic (exact) mass is 453 g/mol. The average molecular weight is 453 g/mol. The summed E-state index contributed by atoms with van der Waals surface area (Å²) in [6, 6.07) is 11.7. The average Bonchev–Trinajstić information content (AvgIpc) is 3.48. The zero-order valence-electron chi connectivity index (χ0n) is 17.5. The van der Waals surface area contributed by atoms with Crippen LogP contribution >= 0.6 is 0 Å². The van der Waals surface area contributed by atoms with Gasteiger partial charge in [0.25, 0.3) is 5.91 Å². The maximum absolute atomic E-state index is 12.8. The van der Waals surface area contributed by atoms with E-state index in [-0.39, 0.29) is 11.4 Å². The molecule has 0 unspecified atom stereocenters. The lowest BCUT2D eigenvalue weighted by atomic mass is 10.1.